The number of rotatable bonds is 4. The van der Waals surface area contributed by atoms with Crippen molar-refractivity contribution >= 4 is 28.3 Å². The van der Waals surface area contributed by atoms with Crippen LogP contribution in [-0.2, 0) is 0 Å². The molecule has 1 aliphatic rings. The van der Waals surface area contributed by atoms with Gasteiger partial charge in [0.2, 0.25) is 0 Å². The number of hydrogen-bond donors (Lipinski definition) is 1. The quantitative estimate of drug-likeness (QED) is 0.908. The third kappa shape index (κ3) is 4.19. The molecule has 102 valence electrons. The van der Waals surface area contributed by atoms with E-state index in [0.29, 0.717) is 6.42 Å². The van der Waals surface area contributed by atoms with Crippen molar-refractivity contribution in [3.63, 3.8) is 0 Å². The van der Waals surface area contributed by atoms with Crippen LogP contribution in [0.3, 0.4) is 0 Å². The minimum absolute atomic E-state index is 0. The maximum Gasteiger partial charge on any atom is 0.0912 e. The van der Waals surface area contributed by atoms with Gasteiger partial charge in [-0.1, -0.05) is 28.1 Å². The minimum Gasteiger partial charge on any atom is -0.314 e. The summed E-state index contributed by atoms with van der Waals surface area (Å²) in [6, 6.07) is 8.46. The van der Waals surface area contributed by atoms with Crippen LogP contribution in [0.5, 0.6) is 0 Å². The number of benzene rings is 1. The molecule has 0 bridgehead atoms. The molecule has 0 aliphatic carbocycles. The SMILES string of the molecule is Cl.FCC[C@@H](c1ccc(Br)cc1)N1CCNCC1. The van der Waals surface area contributed by atoms with Crippen LogP contribution < -0.4 is 5.32 Å². The van der Waals surface area contributed by atoms with E-state index in [4.69, 9.17) is 0 Å². The molecule has 1 aromatic rings. The molecule has 1 N–H and O–H groups in total. The second-order valence-electron chi connectivity index (χ2n) is 4.33. The molecule has 1 atom stereocenters. The maximum atomic E-state index is 12.7. The fraction of sp³-hybridized carbons (Fsp3) is 0.538. The second-order valence-corrected chi connectivity index (χ2v) is 5.25. The van der Waals surface area contributed by atoms with Crippen LogP contribution in [0, 0.1) is 0 Å². The lowest BCUT2D eigenvalue weighted by atomic mass is 10.0. The standard InChI is InChI=1S/C13H18BrFN2.ClH/c14-12-3-1-11(2-4-12)13(5-6-15)17-9-7-16-8-10-17;/h1-4,13,16H,5-10H2;1H/t13-;/m0./s1. The van der Waals surface area contributed by atoms with Gasteiger partial charge in [0.1, 0.15) is 0 Å². The highest BCUT2D eigenvalue weighted by Crippen LogP contribution is 2.26. The zero-order chi connectivity index (χ0) is 12.1. The zero-order valence-corrected chi connectivity index (χ0v) is 12.6. The van der Waals surface area contributed by atoms with Gasteiger partial charge in [-0.3, -0.25) is 9.29 Å². The lowest BCUT2D eigenvalue weighted by molar-refractivity contribution is 0.157. The summed E-state index contributed by atoms with van der Waals surface area (Å²) in [6.07, 6.45) is 0.585. The van der Waals surface area contributed by atoms with Crippen LogP contribution in [0.25, 0.3) is 0 Å². The molecule has 1 aliphatic heterocycles. The minimum atomic E-state index is -0.259. The first-order chi connectivity index (χ1) is 8.31. The number of piperazine rings is 1. The third-order valence-electron chi connectivity index (χ3n) is 3.23. The van der Waals surface area contributed by atoms with E-state index in [2.05, 4.69) is 38.3 Å². The Morgan fingerprint density at radius 1 is 1.22 bits per heavy atom. The van der Waals surface area contributed by atoms with Crippen molar-refractivity contribution in [1.82, 2.24) is 10.2 Å². The van der Waals surface area contributed by atoms with Crippen LogP contribution in [0.15, 0.2) is 28.7 Å². The van der Waals surface area contributed by atoms with Gasteiger partial charge in [0.15, 0.2) is 0 Å². The van der Waals surface area contributed by atoms with E-state index in [0.717, 1.165) is 30.7 Å². The molecule has 0 spiro atoms. The first kappa shape index (κ1) is 15.9. The van der Waals surface area contributed by atoms with Crippen LogP contribution in [0.2, 0.25) is 0 Å². The first-order valence-corrected chi connectivity index (χ1v) is 6.87. The van der Waals surface area contributed by atoms with E-state index in [1.807, 2.05) is 12.1 Å². The van der Waals surface area contributed by atoms with E-state index in [1.165, 1.54) is 5.56 Å². The highest BCUT2D eigenvalue weighted by molar-refractivity contribution is 9.10. The van der Waals surface area contributed by atoms with Crippen LogP contribution in [-0.4, -0.2) is 37.8 Å². The molecule has 2 nitrogen and oxygen atoms in total. The van der Waals surface area contributed by atoms with Gasteiger partial charge < -0.3 is 5.32 Å². The van der Waals surface area contributed by atoms with E-state index in [9.17, 15) is 4.39 Å². The van der Waals surface area contributed by atoms with E-state index < -0.39 is 0 Å². The topological polar surface area (TPSA) is 15.3 Å². The highest BCUT2D eigenvalue weighted by Gasteiger charge is 2.21. The monoisotopic (exact) mass is 336 g/mol. The number of nitrogens with one attached hydrogen (secondary N) is 1. The first-order valence-electron chi connectivity index (χ1n) is 6.07. The van der Waals surface area contributed by atoms with E-state index >= 15 is 0 Å². The number of halogens is 3. The Kier molecular flexibility index (Phi) is 7.15. The molecule has 1 aromatic carbocycles. The van der Waals surface area contributed by atoms with E-state index in [1.54, 1.807) is 0 Å². The van der Waals surface area contributed by atoms with Gasteiger partial charge in [-0.25, -0.2) is 0 Å². The fourth-order valence-corrected chi connectivity index (χ4v) is 2.61. The zero-order valence-electron chi connectivity index (χ0n) is 10.2. The van der Waals surface area contributed by atoms with Gasteiger partial charge in [0.05, 0.1) is 6.67 Å². The lowest BCUT2D eigenvalue weighted by Crippen LogP contribution is -2.45. The summed E-state index contributed by atoms with van der Waals surface area (Å²) in [5, 5.41) is 3.33. The summed E-state index contributed by atoms with van der Waals surface area (Å²) in [6.45, 7) is 3.74. The van der Waals surface area contributed by atoms with Crippen molar-refractivity contribution < 1.29 is 4.39 Å². The highest BCUT2D eigenvalue weighted by atomic mass is 79.9. The van der Waals surface area contributed by atoms with Gasteiger partial charge in [0.25, 0.3) is 0 Å². The van der Waals surface area contributed by atoms with Crippen molar-refractivity contribution in [2.75, 3.05) is 32.9 Å². The second kappa shape index (κ2) is 8.10. The Balaban J connectivity index is 0.00000162. The molecule has 0 aromatic heterocycles. The molecule has 1 fully saturated rings. The Bertz CT molecular complexity index is 341. The van der Waals surface area contributed by atoms with Crippen LogP contribution >= 0.6 is 28.3 Å². The van der Waals surface area contributed by atoms with Crippen molar-refractivity contribution in [2.24, 2.45) is 0 Å². The lowest BCUT2D eigenvalue weighted by Gasteiger charge is -2.34. The molecule has 0 unspecified atom stereocenters. The normalized spacial score (nSPS) is 18.1. The summed E-state index contributed by atoms with van der Waals surface area (Å²) in [7, 11) is 0. The Labute approximate surface area is 122 Å². The van der Waals surface area contributed by atoms with Crippen molar-refractivity contribution in [1.29, 1.82) is 0 Å². The molecule has 0 radical (unpaired) electrons. The molecule has 0 saturated carbocycles. The average Bonchev–Trinajstić information content (AvgIpc) is 2.38. The Morgan fingerprint density at radius 2 is 1.83 bits per heavy atom. The van der Waals surface area contributed by atoms with Crippen LogP contribution in [0.4, 0.5) is 4.39 Å². The van der Waals surface area contributed by atoms with Gasteiger partial charge >= 0.3 is 0 Å². The Morgan fingerprint density at radius 3 is 2.39 bits per heavy atom. The summed E-state index contributed by atoms with van der Waals surface area (Å²) in [5.74, 6) is 0. The predicted molar refractivity (Wildman–Crippen MR) is 79.2 cm³/mol. The molecular formula is C13H19BrClFN2. The smallest absolute Gasteiger partial charge is 0.0912 e. The molecule has 1 saturated heterocycles. The average molecular weight is 338 g/mol. The van der Waals surface area contributed by atoms with Crippen molar-refractivity contribution in [3.05, 3.63) is 34.3 Å². The predicted octanol–water partition coefficient (Wildman–Crippen LogP) is 3.18. The van der Waals surface area contributed by atoms with Crippen molar-refractivity contribution in [2.45, 2.75) is 12.5 Å². The molecular weight excluding hydrogens is 319 g/mol. The van der Waals surface area contributed by atoms with Gasteiger partial charge in [-0.05, 0) is 24.1 Å². The molecule has 18 heavy (non-hydrogen) atoms. The fourth-order valence-electron chi connectivity index (χ4n) is 2.34. The Hall–Kier alpha value is -0.160. The van der Waals surface area contributed by atoms with Gasteiger partial charge in [-0.15, -0.1) is 12.4 Å². The largest absolute Gasteiger partial charge is 0.314 e. The molecule has 0 amide bonds. The van der Waals surface area contributed by atoms with Crippen LogP contribution in [0.1, 0.15) is 18.0 Å². The number of hydrogen-bond acceptors (Lipinski definition) is 2. The number of nitrogens with zero attached hydrogens (tertiary/aromatic N) is 1. The molecule has 5 heteroatoms. The third-order valence-corrected chi connectivity index (χ3v) is 3.76. The molecule has 2 rings (SSSR count). The van der Waals surface area contributed by atoms with Gasteiger partial charge in [0, 0.05) is 36.7 Å². The van der Waals surface area contributed by atoms with Gasteiger partial charge in [-0.2, -0.15) is 0 Å². The summed E-state index contributed by atoms with van der Waals surface area (Å²) >= 11 is 3.43. The summed E-state index contributed by atoms with van der Waals surface area (Å²) < 4.78 is 13.8. The molecule has 1 heterocycles. The van der Waals surface area contributed by atoms with E-state index in [-0.39, 0.29) is 25.1 Å². The maximum absolute atomic E-state index is 12.7. The number of alkyl halides is 1. The summed E-state index contributed by atoms with van der Waals surface area (Å²) in [5.41, 5.74) is 1.22. The summed E-state index contributed by atoms with van der Waals surface area (Å²) in [4.78, 5) is 2.37. The van der Waals surface area contributed by atoms with Crippen molar-refractivity contribution in [3.8, 4) is 0 Å².